The second kappa shape index (κ2) is 9.22. The van der Waals surface area contributed by atoms with E-state index >= 15 is 0 Å². The summed E-state index contributed by atoms with van der Waals surface area (Å²) in [5.74, 6) is 0.473. The number of hydrogen-bond acceptors (Lipinski definition) is 4. The van der Waals surface area contributed by atoms with Crippen molar-refractivity contribution < 1.29 is 17.5 Å². The molecule has 1 heterocycles. The molecule has 0 aliphatic carbocycles. The van der Waals surface area contributed by atoms with Gasteiger partial charge in [-0.2, -0.15) is 0 Å². The van der Waals surface area contributed by atoms with Gasteiger partial charge in [-0.15, -0.1) is 0 Å². The van der Waals surface area contributed by atoms with Crippen LogP contribution in [0.4, 0.5) is 4.39 Å². The fourth-order valence-corrected chi connectivity index (χ4v) is 4.76. The number of benzene rings is 2. The van der Waals surface area contributed by atoms with Gasteiger partial charge in [-0.05, 0) is 67.3 Å². The fraction of sp³-hybridized carbons (Fsp3) is 0.400. The Hall–Kier alpha value is -1.67. The number of likely N-dealkylation sites (tertiary alicyclic amines) is 1. The van der Waals surface area contributed by atoms with Crippen LogP contribution in [-0.4, -0.2) is 40.1 Å². The summed E-state index contributed by atoms with van der Waals surface area (Å²) in [6.07, 6.45) is 1.94. The van der Waals surface area contributed by atoms with Gasteiger partial charge in [0.05, 0.1) is 12.0 Å². The molecule has 1 aliphatic heterocycles. The van der Waals surface area contributed by atoms with Gasteiger partial charge in [-0.3, -0.25) is 4.90 Å². The Kier molecular flexibility index (Phi) is 6.93. The van der Waals surface area contributed by atoms with Crippen LogP contribution in [0, 0.1) is 11.7 Å². The lowest BCUT2D eigenvalue weighted by atomic mass is 9.98. The molecule has 5 nitrogen and oxygen atoms in total. The van der Waals surface area contributed by atoms with Gasteiger partial charge in [-0.25, -0.2) is 17.5 Å². The van der Waals surface area contributed by atoms with Crippen LogP contribution in [-0.2, 0) is 16.6 Å². The zero-order chi connectivity index (χ0) is 20.1. The van der Waals surface area contributed by atoms with Crippen molar-refractivity contribution in [2.24, 2.45) is 5.92 Å². The maximum atomic E-state index is 13.2. The van der Waals surface area contributed by atoms with E-state index in [0.717, 1.165) is 31.5 Å². The van der Waals surface area contributed by atoms with Gasteiger partial charge in [0.15, 0.2) is 0 Å². The van der Waals surface area contributed by atoms with Crippen molar-refractivity contribution >= 4 is 21.6 Å². The van der Waals surface area contributed by atoms with Crippen molar-refractivity contribution in [3.63, 3.8) is 0 Å². The number of ether oxygens (including phenoxy) is 1. The summed E-state index contributed by atoms with van der Waals surface area (Å²) >= 11 is 6.13. The largest absolute Gasteiger partial charge is 0.497 e. The van der Waals surface area contributed by atoms with Gasteiger partial charge < -0.3 is 4.74 Å². The predicted molar refractivity (Wildman–Crippen MR) is 108 cm³/mol. The van der Waals surface area contributed by atoms with Crippen LogP contribution in [0.15, 0.2) is 47.4 Å². The molecule has 2 aromatic carbocycles. The van der Waals surface area contributed by atoms with E-state index in [0.29, 0.717) is 23.9 Å². The number of nitrogens with zero attached hydrogens (tertiary/aromatic N) is 1. The molecule has 2 aromatic rings. The third-order valence-corrected chi connectivity index (χ3v) is 6.74. The Balaban J connectivity index is 1.57. The molecule has 0 unspecified atom stereocenters. The van der Waals surface area contributed by atoms with Crippen molar-refractivity contribution in [3.05, 3.63) is 58.9 Å². The lowest BCUT2D eigenvalue weighted by molar-refractivity contribution is 0.169. The Morgan fingerprint density at radius 1 is 1.25 bits per heavy atom. The first-order valence-electron chi connectivity index (χ1n) is 9.17. The fourth-order valence-electron chi connectivity index (χ4n) is 3.42. The van der Waals surface area contributed by atoms with Crippen molar-refractivity contribution in [1.82, 2.24) is 9.62 Å². The highest BCUT2D eigenvalue weighted by atomic mass is 35.5. The zero-order valence-electron chi connectivity index (χ0n) is 15.7. The van der Waals surface area contributed by atoms with Gasteiger partial charge in [0.2, 0.25) is 10.0 Å². The monoisotopic (exact) mass is 426 g/mol. The average molecular weight is 427 g/mol. The molecule has 1 saturated heterocycles. The third kappa shape index (κ3) is 5.44. The molecular formula is C20H24ClFN2O3S. The summed E-state index contributed by atoms with van der Waals surface area (Å²) in [5, 5.41) is 0.419. The number of sulfonamides is 1. The van der Waals surface area contributed by atoms with E-state index in [1.54, 1.807) is 18.2 Å². The maximum Gasteiger partial charge on any atom is 0.240 e. The van der Waals surface area contributed by atoms with Crippen LogP contribution in [0.1, 0.15) is 18.4 Å². The predicted octanol–water partition coefficient (Wildman–Crippen LogP) is 3.68. The van der Waals surface area contributed by atoms with Crippen LogP contribution >= 0.6 is 11.6 Å². The SMILES string of the molecule is COc1ccc(S(=O)(=O)NC[C@H]2CCCN(Cc3ccc(F)cc3Cl)C2)cc1. The topological polar surface area (TPSA) is 58.6 Å². The van der Waals surface area contributed by atoms with Crippen LogP contribution < -0.4 is 9.46 Å². The molecule has 0 radical (unpaired) electrons. The van der Waals surface area contributed by atoms with Crippen LogP contribution in [0.25, 0.3) is 0 Å². The van der Waals surface area contributed by atoms with E-state index in [1.807, 2.05) is 0 Å². The molecule has 28 heavy (non-hydrogen) atoms. The summed E-state index contributed by atoms with van der Waals surface area (Å²) in [6.45, 7) is 2.68. The molecule has 1 aliphatic rings. The molecule has 8 heteroatoms. The maximum absolute atomic E-state index is 13.2. The highest BCUT2D eigenvalue weighted by Crippen LogP contribution is 2.23. The van der Waals surface area contributed by atoms with Crippen molar-refractivity contribution in [1.29, 1.82) is 0 Å². The van der Waals surface area contributed by atoms with E-state index in [1.165, 1.54) is 31.4 Å². The van der Waals surface area contributed by atoms with E-state index in [9.17, 15) is 12.8 Å². The number of rotatable bonds is 7. The molecule has 0 spiro atoms. The Labute approximate surface area is 170 Å². The standard InChI is InChI=1S/C20H24ClFN2O3S/c1-27-18-6-8-19(9-7-18)28(25,26)23-12-15-3-2-10-24(13-15)14-16-4-5-17(22)11-20(16)21/h4-9,11,15,23H,2-3,10,12-14H2,1H3/t15-/m1/s1. The highest BCUT2D eigenvalue weighted by molar-refractivity contribution is 7.89. The molecule has 152 valence electrons. The number of methoxy groups -OCH3 is 1. The smallest absolute Gasteiger partial charge is 0.240 e. The minimum absolute atomic E-state index is 0.209. The van der Waals surface area contributed by atoms with E-state index < -0.39 is 10.0 Å². The number of piperidine rings is 1. The molecule has 0 aromatic heterocycles. The van der Waals surface area contributed by atoms with Gasteiger partial charge >= 0.3 is 0 Å². The zero-order valence-corrected chi connectivity index (χ0v) is 17.3. The van der Waals surface area contributed by atoms with Crippen molar-refractivity contribution in [2.75, 3.05) is 26.7 Å². The molecule has 0 saturated carbocycles. The molecule has 0 amide bonds. The van der Waals surface area contributed by atoms with Gasteiger partial charge in [0.25, 0.3) is 0 Å². The van der Waals surface area contributed by atoms with Gasteiger partial charge in [0.1, 0.15) is 11.6 Å². The highest BCUT2D eigenvalue weighted by Gasteiger charge is 2.23. The number of hydrogen-bond donors (Lipinski definition) is 1. The summed E-state index contributed by atoms with van der Waals surface area (Å²) < 4.78 is 46.0. The van der Waals surface area contributed by atoms with Crippen LogP contribution in [0.2, 0.25) is 5.02 Å². The van der Waals surface area contributed by atoms with Gasteiger partial charge in [0, 0.05) is 24.7 Å². The Bertz CT molecular complexity index is 906. The summed E-state index contributed by atoms with van der Waals surface area (Å²) in [4.78, 5) is 2.45. The lowest BCUT2D eigenvalue weighted by Gasteiger charge is -2.33. The van der Waals surface area contributed by atoms with E-state index in [4.69, 9.17) is 16.3 Å². The first-order valence-corrected chi connectivity index (χ1v) is 11.0. The molecule has 1 fully saturated rings. The molecule has 1 atom stereocenters. The van der Waals surface area contributed by atoms with Crippen molar-refractivity contribution in [3.8, 4) is 5.75 Å². The quantitative estimate of drug-likeness (QED) is 0.733. The van der Waals surface area contributed by atoms with Gasteiger partial charge in [-0.1, -0.05) is 17.7 Å². The van der Waals surface area contributed by atoms with Crippen LogP contribution in [0.3, 0.4) is 0 Å². The molecule has 1 N–H and O–H groups in total. The Morgan fingerprint density at radius 3 is 2.68 bits per heavy atom. The van der Waals surface area contributed by atoms with E-state index in [-0.39, 0.29) is 16.6 Å². The van der Waals surface area contributed by atoms with E-state index in [2.05, 4.69) is 9.62 Å². The third-order valence-electron chi connectivity index (χ3n) is 4.94. The lowest BCUT2D eigenvalue weighted by Crippen LogP contribution is -2.40. The normalized spacial score (nSPS) is 18.2. The minimum Gasteiger partial charge on any atom is -0.497 e. The second-order valence-electron chi connectivity index (χ2n) is 7.01. The minimum atomic E-state index is -3.56. The average Bonchev–Trinajstić information content (AvgIpc) is 2.69. The first-order chi connectivity index (χ1) is 13.4. The molecule has 0 bridgehead atoms. The second-order valence-corrected chi connectivity index (χ2v) is 9.18. The summed E-state index contributed by atoms with van der Waals surface area (Å²) in [5.41, 5.74) is 0.877. The summed E-state index contributed by atoms with van der Waals surface area (Å²) in [6, 6.07) is 10.8. The number of nitrogens with one attached hydrogen (secondary N) is 1. The molecular weight excluding hydrogens is 403 g/mol. The first kappa shape index (κ1) is 21.0. The number of halogens is 2. The Morgan fingerprint density at radius 2 is 2.00 bits per heavy atom. The molecule has 3 rings (SSSR count). The van der Waals surface area contributed by atoms with Crippen LogP contribution in [0.5, 0.6) is 5.75 Å². The van der Waals surface area contributed by atoms with Crippen molar-refractivity contribution in [2.45, 2.75) is 24.3 Å². The summed E-state index contributed by atoms with van der Waals surface area (Å²) in [7, 11) is -2.02.